The predicted molar refractivity (Wildman–Crippen MR) is 98.9 cm³/mol. The van der Waals surface area contributed by atoms with Crippen molar-refractivity contribution in [1.82, 2.24) is 14.9 Å². The summed E-state index contributed by atoms with van der Waals surface area (Å²) in [4.78, 5) is 14.1. The molecule has 0 unspecified atom stereocenters. The first-order valence-corrected chi connectivity index (χ1v) is 9.93. The smallest absolute Gasteiger partial charge is 0.407 e. The van der Waals surface area contributed by atoms with Gasteiger partial charge in [0.1, 0.15) is 5.60 Å². The van der Waals surface area contributed by atoms with Gasteiger partial charge in [0.25, 0.3) is 0 Å². The van der Waals surface area contributed by atoms with E-state index in [1.165, 1.54) is 0 Å². The first-order chi connectivity index (χ1) is 11.4. The van der Waals surface area contributed by atoms with Crippen LogP contribution in [0.4, 0.5) is 4.79 Å². The highest BCUT2D eigenvalue weighted by atomic mass is 32.2. The average Bonchev–Trinajstić information content (AvgIpc) is 2.41. The zero-order chi connectivity index (χ0) is 19.3. The van der Waals surface area contributed by atoms with Gasteiger partial charge in [0, 0.05) is 6.54 Å². The molecular formula is C17H29N3O4S. The van der Waals surface area contributed by atoms with Crippen LogP contribution in [0.1, 0.15) is 32.4 Å². The van der Waals surface area contributed by atoms with Crippen LogP contribution in [0.5, 0.6) is 0 Å². The van der Waals surface area contributed by atoms with Crippen molar-refractivity contribution in [2.24, 2.45) is 0 Å². The summed E-state index contributed by atoms with van der Waals surface area (Å²) < 4.78 is 31.6. The lowest BCUT2D eigenvalue weighted by Gasteiger charge is -2.31. The molecule has 1 aromatic rings. The van der Waals surface area contributed by atoms with Crippen molar-refractivity contribution < 1.29 is 17.9 Å². The number of rotatable bonds is 7. The third-order valence-corrected chi connectivity index (χ3v) is 3.85. The lowest BCUT2D eigenvalue weighted by Crippen LogP contribution is -2.51. The van der Waals surface area contributed by atoms with E-state index in [4.69, 9.17) is 4.74 Å². The number of ether oxygens (including phenoxy) is 1. The molecule has 1 aromatic carbocycles. The molecule has 1 amide bonds. The minimum atomic E-state index is -3.48. The summed E-state index contributed by atoms with van der Waals surface area (Å²) >= 11 is 0. The normalized spacial score (nSPS) is 14.8. The van der Waals surface area contributed by atoms with Gasteiger partial charge in [0.15, 0.2) is 0 Å². The predicted octanol–water partition coefficient (Wildman–Crippen LogP) is 1.73. The Morgan fingerprint density at radius 1 is 1.20 bits per heavy atom. The van der Waals surface area contributed by atoms with Gasteiger partial charge in [-0.2, -0.15) is 0 Å². The van der Waals surface area contributed by atoms with E-state index in [1.807, 2.05) is 49.3 Å². The van der Waals surface area contributed by atoms with Crippen molar-refractivity contribution >= 4 is 16.1 Å². The maximum Gasteiger partial charge on any atom is 0.407 e. The highest BCUT2D eigenvalue weighted by Gasteiger charge is 2.29. The van der Waals surface area contributed by atoms with Crippen LogP contribution in [0.25, 0.3) is 0 Å². The van der Waals surface area contributed by atoms with Gasteiger partial charge in [0.2, 0.25) is 10.0 Å². The number of nitrogens with zero attached hydrogens (tertiary/aromatic N) is 1. The largest absolute Gasteiger partial charge is 0.444 e. The van der Waals surface area contributed by atoms with Crippen molar-refractivity contribution in [3.63, 3.8) is 0 Å². The topological polar surface area (TPSA) is 87.7 Å². The van der Waals surface area contributed by atoms with Crippen LogP contribution in [0.15, 0.2) is 30.3 Å². The standard InChI is InChI=1S/C17H29N3O4S/c1-17(2,3)24-16(21)18-14(12-20(4)5)15(19-25(6,22)23)13-10-8-7-9-11-13/h7-11,14-15,19H,12H2,1-6H3,(H,18,21)/t14-,15+/m1/s1. The Bertz CT molecular complexity index is 654. The fourth-order valence-corrected chi connectivity index (χ4v) is 3.12. The number of carbonyl (C=O) groups excluding carboxylic acids is 1. The minimum absolute atomic E-state index is 0.432. The highest BCUT2D eigenvalue weighted by Crippen LogP contribution is 2.19. The Labute approximate surface area is 150 Å². The van der Waals surface area contributed by atoms with Gasteiger partial charge in [-0.15, -0.1) is 0 Å². The van der Waals surface area contributed by atoms with E-state index in [9.17, 15) is 13.2 Å². The fraction of sp³-hybridized carbons (Fsp3) is 0.588. The van der Waals surface area contributed by atoms with Gasteiger partial charge in [-0.25, -0.2) is 17.9 Å². The summed E-state index contributed by atoms with van der Waals surface area (Å²) in [7, 11) is 0.223. The van der Waals surface area contributed by atoms with Crippen molar-refractivity contribution in [2.75, 3.05) is 26.9 Å². The number of likely N-dealkylation sites (N-methyl/N-ethyl adjacent to an activating group) is 1. The van der Waals surface area contributed by atoms with E-state index in [-0.39, 0.29) is 0 Å². The summed E-state index contributed by atoms with van der Waals surface area (Å²) in [6.07, 6.45) is 0.513. The van der Waals surface area contributed by atoms with Crippen LogP contribution >= 0.6 is 0 Å². The lowest BCUT2D eigenvalue weighted by molar-refractivity contribution is 0.0485. The molecule has 25 heavy (non-hydrogen) atoms. The van der Waals surface area contributed by atoms with Gasteiger partial charge in [-0.3, -0.25) is 0 Å². The number of amides is 1. The Balaban J connectivity index is 3.13. The molecule has 7 nitrogen and oxygen atoms in total. The summed E-state index contributed by atoms with van der Waals surface area (Å²) in [5.74, 6) is 0. The Hall–Kier alpha value is -1.64. The zero-order valence-corrected chi connectivity index (χ0v) is 16.6. The molecule has 8 heteroatoms. The molecule has 142 valence electrons. The number of sulfonamides is 1. The van der Waals surface area contributed by atoms with Gasteiger partial charge in [-0.05, 0) is 40.4 Å². The lowest BCUT2D eigenvalue weighted by atomic mass is 10.00. The van der Waals surface area contributed by atoms with Crippen LogP contribution in [-0.4, -0.2) is 57.9 Å². The maximum atomic E-state index is 12.2. The Morgan fingerprint density at radius 2 is 1.76 bits per heavy atom. The molecule has 0 saturated carbocycles. The third kappa shape index (κ3) is 8.85. The van der Waals surface area contributed by atoms with Gasteiger partial charge < -0.3 is 15.0 Å². The van der Waals surface area contributed by atoms with Crippen LogP contribution in [0.3, 0.4) is 0 Å². The molecule has 0 aliphatic heterocycles. The van der Waals surface area contributed by atoms with Crippen molar-refractivity contribution in [2.45, 2.75) is 38.5 Å². The van der Waals surface area contributed by atoms with Crippen LogP contribution in [0.2, 0.25) is 0 Å². The summed E-state index contributed by atoms with van der Waals surface area (Å²) in [6, 6.07) is 8.01. The highest BCUT2D eigenvalue weighted by molar-refractivity contribution is 7.88. The Kier molecular flexibility index (Phi) is 7.40. The molecule has 0 saturated heterocycles. The Morgan fingerprint density at radius 3 is 2.20 bits per heavy atom. The summed E-state index contributed by atoms with van der Waals surface area (Å²) in [5, 5.41) is 2.80. The average molecular weight is 372 g/mol. The molecule has 0 aliphatic rings. The fourth-order valence-electron chi connectivity index (χ4n) is 2.36. The molecule has 0 aliphatic carbocycles. The first kappa shape index (κ1) is 21.4. The molecule has 0 spiro atoms. The molecule has 2 N–H and O–H groups in total. The number of carbonyl (C=O) groups is 1. The number of hydrogen-bond acceptors (Lipinski definition) is 5. The second kappa shape index (κ2) is 8.64. The molecule has 0 bridgehead atoms. The first-order valence-electron chi connectivity index (χ1n) is 8.04. The van der Waals surface area contributed by atoms with E-state index < -0.39 is 33.8 Å². The quantitative estimate of drug-likeness (QED) is 0.762. The minimum Gasteiger partial charge on any atom is -0.444 e. The number of benzene rings is 1. The molecule has 0 aromatic heterocycles. The third-order valence-electron chi connectivity index (χ3n) is 3.17. The van der Waals surface area contributed by atoms with Gasteiger partial charge >= 0.3 is 6.09 Å². The second-order valence-electron chi connectivity index (χ2n) is 7.29. The molecule has 0 radical (unpaired) electrons. The molecule has 1 rings (SSSR count). The monoisotopic (exact) mass is 371 g/mol. The number of hydrogen-bond donors (Lipinski definition) is 2. The molecular weight excluding hydrogens is 342 g/mol. The van der Waals surface area contributed by atoms with Crippen molar-refractivity contribution in [3.8, 4) is 0 Å². The second-order valence-corrected chi connectivity index (χ2v) is 9.07. The van der Waals surface area contributed by atoms with E-state index in [2.05, 4.69) is 10.0 Å². The van der Waals surface area contributed by atoms with E-state index in [1.54, 1.807) is 20.8 Å². The summed E-state index contributed by atoms with van der Waals surface area (Å²) in [6.45, 7) is 5.76. The van der Waals surface area contributed by atoms with Crippen molar-refractivity contribution in [3.05, 3.63) is 35.9 Å². The van der Waals surface area contributed by atoms with Gasteiger partial charge in [-0.1, -0.05) is 30.3 Å². The van der Waals surface area contributed by atoms with E-state index >= 15 is 0 Å². The van der Waals surface area contributed by atoms with Gasteiger partial charge in [0.05, 0.1) is 18.3 Å². The van der Waals surface area contributed by atoms with Crippen molar-refractivity contribution in [1.29, 1.82) is 0 Å². The zero-order valence-electron chi connectivity index (χ0n) is 15.7. The van der Waals surface area contributed by atoms with Crippen LogP contribution in [0, 0.1) is 0 Å². The molecule has 0 fully saturated rings. The molecule has 2 atom stereocenters. The van der Waals surface area contributed by atoms with E-state index in [0.717, 1.165) is 11.8 Å². The number of alkyl carbamates (subject to hydrolysis) is 1. The SMILES string of the molecule is CN(C)C[C@@H](NC(=O)OC(C)(C)C)[C@@H](NS(C)(=O)=O)c1ccccc1. The van der Waals surface area contributed by atoms with Crippen LogP contribution in [-0.2, 0) is 14.8 Å². The summed E-state index contributed by atoms with van der Waals surface area (Å²) in [5.41, 5.74) is 0.120. The van der Waals surface area contributed by atoms with E-state index in [0.29, 0.717) is 6.54 Å². The number of nitrogens with one attached hydrogen (secondary N) is 2. The molecule has 0 heterocycles. The maximum absolute atomic E-state index is 12.2. The van der Waals surface area contributed by atoms with Crippen LogP contribution < -0.4 is 10.0 Å².